The summed E-state index contributed by atoms with van der Waals surface area (Å²) < 4.78 is 5.12. The third-order valence-corrected chi connectivity index (χ3v) is 4.68. The molecule has 2 aromatic carbocycles. The first-order chi connectivity index (χ1) is 14.4. The SMILES string of the molecule is Cc1ccc(C(=O)NCCc2cccc(CN(C)C)c2)cc1NC(=O)c1ccco1. The average molecular weight is 405 g/mol. The number of nitrogens with zero attached hydrogens (tertiary/aromatic N) is 1. The highest BCUT2D eigenvalue weighted by Crippen LogP contribution is 2.18. The molecule has 0 bridgehead atoms. The van der Waals surface area contributed by atoms with Crippen molar-refractivity contribution >= 4 is 17.5 Å². The first kappa shape index (κ1) is 21.3. The van der Waals surface area contributed by atoms with Gasteiger partial charge < -0.3 is 20.0 Å². The van der Waals surface area contributed by atoms with Gasteiger partial charge in [0, 0.05) is 24.3 Å². The smallest absolute Gasteiger partial charge is 0.291 e. The van der Waals surface area contributed by atoms with Crippen LogP contribution in [0.4, 0.5) is 5.69 Å². The van der Waals surface area contributed by atoms with E-state index in [0.29, 0.717) is 17.8 Å². The Kier molecular flexibility index (Phi) is 7.03. The van der Waals surface area contributed by atoms with Crippen LogP contribution in [0.5, 0.6) is 0 Å². The number of amides is 2. The standard InChI is InChI=1S/C24H27N3O3/c1-17-9-10-20(15-21(17)26-24(29)22-8-5-13-30-22)23(28)25-12-11-18-6-4-7-19(14-18)16-27(2)3/h4-10,13-15H,11-12,16H2,1-3H3,(H,25,28)(H,26,29). The van der Waals surface area contributed by atoms with E-state index in [0.717, 1.165) is 18.5 Å². The number of hydrogen-bond donors (Lipinski definition) is 2. The Morgan fingerprint density at radius 3 is 2.50 bits per heavy atom. The lowest BCUT2D eigenvalue weighted by Gasteiger charge is -2.12. The zero-order valence-electron chi connectivity index (χ0n) is 17.6. The van der Waals surface area contributed by atoms with Crippen LogP contribution in [0.25, 0.3) is 0 Å². The van der Waals surface area contributed by atoms with E-state index in [2.05, 4.69) is 33.7 Å². The lowest BCUT2D eigenvalue weighted by Crippen LogP contribution is -2.26. The molecule has 156 valence electrons. The monoisotopic (exact) mass is 405 g/mol. The molecular weight excluding hydrogens is 378 g/mol. The number of carbonyl (C=O) groups excluding carboxylic acids is 2. The molecule has 2 amide bonds. The van der Waals surface area contributed by atoms with Crippen molar-refractivity contribution in [3.63, 3.8) is 0 Å². The summed E-state index contributed by atoms with van der Waals surface area (Å²) >= 11 is 0. The maximum absolute atomic E-state index is 12.6. The van der Waals surface area contributed by atoms with E-state index in [1.807, 2.05) is 33.2 Å². The molecule has 1 aromatic heterocycles. The minimum atomic E-state index is -0.349. The maximum atomic E-state index is 12.6. The van der Waals surface area contributed by atoms with Crippen molar-refractivity contribution in [2.45, 2.75) is 19.9 Å². The Hall–Kier alpha value is -3.38. The number of benzene rings is 2. The van der Waals surface area contributed by atoms with Crippen LogP contribution in [0, 0.1) is 6.92 Å². The predicted molar refractivity (Wildman–Crippen MR) is 118 cm³/mol. The van der Waals surface area contributed by atoms with Gasteiger partial charge in [0.1, 0.15) is 0 Å². The van der Waals surface area contributed by atoms with Gasteiger partial charge in [-0.05, 0) is 68.4 Å². The molecule has 6 nitrogen and oxygen atoms in total. The summed E-state index contributed by atoms with van der Waals surface area (Å²) in [5, 5.41) is 5.75. The van der Waals surface area contributed by atoms with Gasteiger partial charge in [0.15, 0.2) is 5.76 Å². The molecule has 0 fully saturated rings. The molecule has 6 heteroatoms. The van der Waals surface area contributed by atoms with E-state index >= 15 is 0 Å². The Morgan fingerprint density at radius 1 is 0.967 bits per heavy atom. The Balaban J connectivity index is 1.58. The highest BCUT2D eigenvalue weighted by atomic mass is 16.3. The summed E-state index contributed by atoms with van der Waals surface area (Å²) in [6.45, 7) is 3.29. The number of anilines is 1. The normalized spacial score (nSPS) is 10.8. The van der Waals surface area contributed by atoms with E-state index in [1.54, 1.807) is 24.3 Å². The van der Waals surface area contributed by atoms with E-state index in [9.17, 15) is 9.59 Å². The quantitative estimate of drug-likeness (QED) is 0.597. The van der Waals surface area contributed by atoms with Gasteiger partial charge in [-0.1, -0.05) is 30.3 Å². The fourth-order valence-electron chi connectivity index (χ4n) is 3.16. The van der Waals surface area contributed by atoms with Crippen molar-refractivity contribution in [1.29, 1.82) is 0 Å². The number of hydrogen-bond acceptors (Lipinski definition) is 4. The lowest BCUT2D eigenvalue weighted by molar-refractivity contribution is 0.0952. The van der Waals surface area contributed by atoms with Crippen molar-refractivity contribution < 1.29 is 14.0 Å². The summed E-state index contributed by atoms with van der Waals surface area (Å²) in [5.41, 5.74) is 4.38. The second kappa shape index (κ2) is 9.89. The topological polar surface area (TPSA) is 74.6 Å². The zero-order valence-corrected chi connectivity index (χ0v) is 17.6. The van der Waals surface area contributed by atoms with Gasteiger partial charge in [-0.15, -0.1) is 0 Å². The minimum Gasteiger partial charge on any atom is -0.459 e. The minimum absolute atomic E-state index is 0.173. The van der Waals surface area contributed by atoms with Crippen molar-refractivity contribution in [3.05, 3.63) is 88.9 Å². The Labute approximate surface area is 176 Å². The van der Waals surface area contributed by atoms with Crippen molar-refractivity contribution in [2.75, 3.05) is 26.0 Å². The molecule has 0 saturated heterocycles. The fraction of sp³-hybridized carbons (Fsp3) is 0.250. The van der Waals surface area contributed by atoms with Crippen LogP contribution in [0.3, 0.4) is 0 Å². The van der Waals surface area contributed by atoms with Gasteiger partial charge >= 0.3 is 0 Å². The summed E-state index contributed by atoms with van der Waals surface area (Å²) in [4.78, 5) is 26.9. The summed E-state index contributed by atoms with van der Waals surface area (Å²) in [6, 6.07) is 16.9. The van der Waals surface area contributed by atoms with Crippen LogP contribution in [0.15, 0.2) is 65.3 Å². The molecule has 0 aliphatic rings. The maximum Gasteiger partial charge on any atom is 0.291 e. The molecule has 2 N–H and O–H groups in total. The van der Waals surface area contributed by atoms with E-state index in [1.165, 1.54) is 17.4 Å². The predicted octanol–water partition coefficient (Wildman–Crippen LogP) is 3.87. The van der Waals surface area contributed by atoms with Gasteiger partial charge in [0.2, 0.25) is 0 Å². The Bertz CT molecular complexity index is 1010. The molecule has 0 radical (unpaired) electrons. The van der Waals surface area contributed by atoms with Crippen LogP contribution in [0.2, 0.25) is 0 Å². The van der Waals surface area contributed by atoms with Crippen LogP contribution in [-0.2, 0) is 13.0 Å². The van der Waals surface area contributed by atoms with Gasteiger partial charge in [0.25, 0.3) is 11.8 Å². The van der Waals surface area contributed by atoms with Gasteiger partial charge in [-0.2, -0.15) is 0 Å². The van der Waals surface area contributed by atoms with Crippen LogP contribution >= 0.6 is 0 Å². The van der Waals surface area contributed by atoms with Crippen LogP contribution < -0.4 is 10.6 Å². The van der Waals surface area contributed by atoms with Gasteiger partial charge in [0.05, 0.1) is 6.26 Å². The van der Waals surface area contributed by atoms with Crippen molar-refractivity contribution in [1.82, 2.24) is 10.2 Å². The number of aryl methyl sites for hydroxylation is 1. The Morgan fingerprint density at radius 2 is 1.77 bits per heavy atom. The molecule has 3 aromatic rings. The highest BCUT2D eigenvalue weighted by Gasteiger charge is 2.13. The summed E-state index contributed by atoms with van der Waals surface area (Å²) in [6.07, 6.45) is 2.20. The van der Waals surface area contributed by atoms with E-state index in [-0.39, 0.29) is 17.6 Å². The van der Waals surface area contributed by atoms with Crippen LogP contribution in [0.1, 0.15) is 37.6 Å². The highest BCUT2D eigenvalue weighted by molar-refractivity contribution is 6.03. The zero-order chi connectivity index (χ0) is 21.5. The molecule has 3 rings (SSSR count). The molecule has 0 spiro atoms. The molecule has 0 aliphatic heterocycles. The van der Waals surface area contributed by atoms with Crippen molar-refractivity contribution in [3.8, 4) is 0 Å². The third kappa shape index (κ3) is 5.81. The van der Waals surface area contributed by atoms with Gasteiger partial charge in [-0.3, -0.25) is 9.59 Å². The van der Waals surface area contributed by atoms with E-state index < -0.39 is 0 Å². The van der Waals surface area contributed by atoms with E-state index in [4.69, 9.17) is 4.42 Å². The molecule has 30 heavy (non-hydrogen) atoms. The average Bonchev–Trinajstić information content (AvgIpc) is 3.24. The number of furan rings is 1. The fourth-order valence-corrected chi connectivity index (χ4v) is 3.16. The third-order valence-electron chi connectivity index (χ3n) is 4.68. The molecule has 1 heterocycles. The lowest BCUT2D eigenvalue weighted by atomic mass is 10.1. The first-order valence-corrected chi connectivity index (χ1v) is 9.88. The van der Waals surface area contributed by atoms with Gasteiger partial charge in [-0.25, -0.2) is 0 Å². The summed E-state index contributed by atoms with van der Waals surface area (Å²) in [7, 11) is 4.08. The molecule has 0 aliphatic carbocycles. The molecular formula is C24H27N3O3. The molecule has 0 saturated carbocycles. The number of rotatable bonds is 8. The second-order valence-corrected chi connectivity index (χ2v) is 7.52. The number of carbonyl (C=O) groups is 2. The first-order valence-electron chi connectivity index (χ1n) is 9.88. The summed E-state index contributed by atoms with van der Waals surface area (Å²) in [5.74, 6) is -0.299. The largest absolute Gasteiger partial charge is 0.459 e. The number of nitrogens with one attached hydrogen (secondary N) is 2. The van der Waals surface area contributed by atoms with Crippen molar-refractivity contribution in [2.24, 2.45) is 0 Å². The second-order valence-electron chi connectivity index (χ2n) is 7.52. The molecule has 0 atom stereocenters. The van der Waals surface area contributed by atoms with Crippen LogP contribution in [-0.4, -0.2) is 37.4 Å². The molecule has 0 unspecified atom stereocenters.